The molecule has 7 nitrogen and oxygen atoms in total. The predicted molar refractivity (Wildman–Crippen MR) is 107 cm³/mol. The van der Waals surface area contributed by atoms with Crippen molar-refractivity contribution in [3.05, 3.63) is 76.6 Å². The molecule has 0 atom stereocenters. The number of hydrogen-bond donors (Lipinski definition) is 1. The Labute approximate surface area is 167 Å². The second-order valence-electron chi connectivity index (χ2n) is 5.84. The monoisotopic (exact) mass is 398 g/mol. The second-order valence-corrected chi connectivity index (χ2v) is 6.28. The van der Waals surface area contributed by atoms with Crippen LogP contribution in [0.5, 0.6) is 11.5 Å². The van der Waals surface area contributed by atoms with Crippen molar-refractivity contribution in [2.24, 2.45) is 5.10 Å². The molecule has 0 bridgehead atoms. The fourth-order valence-corrected chi connectivity index (χ4v) is 2.63. The summed E-state index contributed by atoms with van der Waals surface area (Å²) >= 11 is 5.88. The molecule has 0 saturated carbocycles. The first-order valence-corrected chi connectivity index (χ1v) is 8.80. The number of ether oxygens (including phenoxy) is 2. The summed E-state index contributed by atoms with van der Waals surface area (Å²) < 4.78 is 12.1. The first-order valence-electron chi connectivity index (χ1n) is 8.42. The standard InChI is InChI=1S/C20H19ClN4O3/c1-27-18-8-5-15(11-19(18)28-2)12-22-23-20(26)17-9-10-25(24-17)13-14-3-6-16(21)7-4-14/h3-12H,13H2,1-2H3,(H,23,26). The molecule has 144 valence electrons. The van der Waals surface area contributed by atoms with Crippen LogP contribution >= 0.6 is 11.6 Å². The Bertz CT molecular complexity index is 983. The number of aromatic nitrogens is 2. The number of halogens is 1. The van der Waals surface area contributed by atoms with Crippen molar-refractivity contribution in [1.82, 2.24) is 15.2 Å². The van der Waals surface area contributed by atoms with Crippen LogP contribution in [0.3, 0.4) is 0 Å². The summed E-state index contributed by atoms with van der Waals surface area (Å²) in [5.74, 6) is 0.806. The van der Waals surface area contributed by atoms with Crippen LogP contribution in [-0.2, 0) is 6.54 Å². The highest BCUT2D eigenvalue weighted by molar-refractivity contribution is 6.30. The number of hydrazone groups is 1. The van der Waals surface area contributed by atoms with E-state index in [1.54, 1.807) is 49.4 Å². The third kappa shape index (κ3) is 4.89. The number of nitrogens with zero attached hydrogens (tertiary/aromatic N) is 3. The summed E-state index contributed by atoms with van der Waals surface area (Å²) in [6.07, 6.45) is 3.26. The van der Waals surface area contributed by atoms with E-state index >= 15 is 0 Å². The highest BCUT2D eigenvalue weighted by atomic mass is 35.5. The van der Waals surface area contributed by atoms with Crippen molar-refractivity contribution in [3.8, 4) is 11.5 Å². The van der Waals surface area contributed by atoms with Gasteiger partial charge in [-0.25, -0.2) is 5.43 Å². The van der Waals surface area contributed by atoms with Gasteiger partial charge in [-0.3, -0.25) is 9.48 Å². The lowest BCUT2D eigenvalue weighted by atomic mass is 10.2. The Balaban J connectivity index is 1.60. The molecule has 1 amide bonds. The van der Waals surface area contributed by atoms with Crippen molar-refractivity contribution in [3.63, 3.8) is 0 Å². The maximum absolute atomic E-state index is 12.2. The smallest absolute Gasteiger partial charge is 0.291 e. The van der Waals surface area contributed by atoms with Crippen molar-refractivity contribution < 1.29 is 14.3 Å². The van der Waals surface area contributed by atoms with E-state index < -0.39 is 5.91 Å². The minimum atomic E-state index is -0.397. The van der Waals surface area contributed by atoms with Gasteiger partial charge < -0.3 is 9.47 Å². The Morgan fingerprint density at radius 2 is 1.89 bits per heavy atom. The number of nitrogens with one attached hydrogen (secondary N) is 1. The molecule has 2 aromatic carbocycles. The van der Waals surface area contributed by atoms with Gasteiger partial charge in [0.15, 0.2) is 17.2 Å². The average Bonchev–Trinajstić information content (AvgIpc) is 3.18. The fourth-order valence-electron chi connectivity index (χ4n) is 2.50. The zero-order valence-corrected chi connectivity index (χ0v) is 16.2. The Morgan fingerprint density at radius 3 is 2.61 bits per heavy atom. The van der Waals surface area contributed by atoms with Gasteiger partial charge in [0.2, 0.25) is 0 Å². The minimum absolute atomic E-state index is 0.276. The van der Waals surface area contributed by atoms with Crippen LogP contribution in [-0.4, -0.2) is 36.1 Å². The summed E-state index contributed by atoms with van der Waals surface area (Å²) in [5, 5.41) is 8.91. The van der Waals surface area contributed by atoms with Crippen LogP contribution in [0.4, 0.5) is 0 Å². The molecule has 0 unspecified atom stereocenters. The van der Waals surface area contributed by atoms with Gasteiger partial charge in [-0.1, -0.05) is 23.7 Å². The van der Waals surface area contributed by atoms with Crippen LogP contribution in [0, 0.1) is 0 Å². The molecule has 0 aliphatic rings. The van der Waals surface area contributed by atoms with Gasteiger partial charge in [-0.2, -0.15) is 10.2 Å². The van der Waals surface area contributed by atoms with E-state index in [0.717, 1.165) is 11.1 Å². The minimum Gasteiger partial charge on any atom is -0.493 e. The molecule has 0 fully saturated rings. The molecule has 1 heterocycles. The van der Waals surface area contributed by atoms with E-state index in [-0.39, 0.29) is 5.69 Å². The van der Waals surface area contributed by atoms with Gasteiger partial charge in [0.1, 0.15) is 0 Å². The SMILES string of the molecule is COc1ccc(C=NNC(=O)c2ccn(Cc3ccc(Cl)cc3)n2)cc1OC. The molecular weight excluding hydrogens is 380 g/mol. The summed E-state index contributed by atoms with van der Waals surface area (Å²) in [7, 11) is 3.12. The van der Waals surface area contributed by atoms with Crippen molar-refractivity contribution in [2.75, 3.05) is 14.2 Å². The third-order valence-electron chi connectivity index (χ3n) is 3.92. The van der Waals surface area contributed by atoms with E-state index in [1.165, 1.54) is 6.21 Å². The molecule has 0 saturated heterocycles. The van der Waals surface area contributed by atoms with Crippen LogP contribution < -0.4 is 14.9 Å². The number of rotatable bonds is 7. The molecule has 0 radical (unpaired) electrons. The molecule has 1 N–H and O–H groups in total. The maximum atomic E-state index is 12.2. The molecular formula is C20H19ClN4O3. The van der Waals surface area contributed by atoms with Crippen LogP contribution in [0.2, 0.25) is 5.02 Å². The van der Waals surface area contributed by atoms with Gasteiger partial charge in [-0.15, -0.1) is 0 Å². The van der Waals surface area contributed by atoms with E-state index in [1.807, 2.05) is 24.3 Å². The lowest BCUT2D eigenvalue weighted by Crippen LogP contribution is -2.18. The predicted octanol–water partition coefficient (Wildman–Crippen LogP) is 3.37. The summed E-state index contributed by atoms with van der Waals surface area (Å²) in [4.78, 5) is 12.2. The fraction of sp³-hybridized carbons (Fsp3) is 0.150. The summed E-state index contributed by atoms with van der Waals surface area (Å²) in [5.41, 5.74) is 4.53. The highest BCUT2D eigenvalue weighted by Gasteiger charge is 2.09. The first-order chi connectivity index (χ1) is 13.6. The van der Waals surface area contributed by atoms with E-state index in [2.05, 4.69) is 15.6 Å². The van der Waals surface area contributed by atoms with Gasteiger partial charge >= 0.3 is 0 Å². The topological polar surface area (TPSA) is 77.7 Å². The molecule has 0 aliphatic carbocycles. The normalized spacial score (nSPS) is 10.8. The lowest BCUT2D eigenvalue weighted by molar-refractivity contribution is 0.0949. The van der Waals surface area contributed by atoms with Gasteiger partial charge in [0.25, 0.3) is 5.91 Å². The molecule has 1 aromatic heterocycles. The summed E-state index contributed by atoms with van der Waals surface area (Å²) in [6.45, 7) is 0.541. The maximum Gasteiger partial charge on any atom is 0.291 e. The Morgan fingerprint density at radius 1 is 1.14 bits per heavy atom. The van der Waals surface area contributed by atoms with Crippen LogP contribution in [0.25, 0.3) is 0 Å². The zero-order valence-electron chi connectivity index (χ0n) is 15.4. The van der Waals surface area contributed by atoms with Crippen LogP contribution in [0.15, 0.2) is 59.8 Å². The Hall–Kier alpha value is -3.32. The van der Waals surface area contributed by atoms with E-state index in [9.17, 15) is 4.79 Å². The number of carbonyl (C=O) groups is 1. The largest absolute Gasteiger partial charge is 0.493 e. The summed E-state index contributed by atoms with van der Waals surface area (Å²) in [6, 6.07) is 14.4. The lowest BCUT2D eigenvalue weighted by Gasteiger charge is -2.07. The van der Waals surface area contributed by atoms with Crippen molar-refractivity contribution in [2.45, 2.75) is 6.54 Å². The first kappa shape index (κ1) is 19.4. The second kappa shape index (κ2) is 9.05. The number of benzene rings is 2. The van der Waals surface area contributed by atoms with Crippen molar-refractivity contribution >= 4 is 23.7 Å². The number of methoxy groups -OCH3 is 2. The molecule has 0 spiro atoms. The van der Waals surface area contributed by atoms with E-state index in [4.69, 9.17) is 21.1 Å². The molecule has 3 rings (SSSR count). The highest BCUT2D eigenvalue weighted by Crippen LogP contribution is 2.26. The number of amides is 1. The molecule has 0 aliphatic heterocycles. The third-order valence-corrected chi connectivity index (χ3v) is 4.17. The molecule has 8 heteroatoms. The Kier molecular flexibility index (Phi) is 6.29. The quantitative estimate of drug-likeness (QED) is 0.489. The molecule has 28 heavy (non-hydrogen) atoms. The van der Waals surface area contributed by atoms with Gasteiger partial charge in [-0.05, 0) is 47.5 Å². The van der Waals surface area contributed by atoms with E-state index in [0.29, 0.717) is 23.1 Å². The van der Waals surface area contributed by atoms with Gasteiger partial charge in [0, 0.05) is 11.2 Å². The zero-order chi connectivity index (χ0) is 19.9. The van der Waals surface area contributed by atoms with Gasteiger partial charge in [0.05, 0.1) is 27.0 Å². The number of carbonyl (C=O) groups excluding carboxylic acids is 1. The van der Waals surface area contributed by atoms with Crippen molar-refractivity contribution in [1.29, 1.82) is 0 Å². The number of hydrogen-bond acceptors (Lipinski definition) is 5. The van der Waals surface area contributed by atoms with Crippen LogP contribution in [0.1, 0.15) is 21.6 Å². The molecule has 3 aromatic rings. The average molecular weight is 399 g/mol.